The van der Waals surface area contributed by atoms with Crippen molar-refractivity contribution in [1.29, 1.82) is 5.26 Å². The second-order valence-corrected chi connectivity index (χ2v) is 9.35. The molecule has 1 aromatic rings. The molecular formula is C18H24F3N3O3S. The highest BCUT2D eigenvalue weighted by Crippen LogP contribution is 2.34. The Morgan fingerprint density at radius 3 is 2.18 bits per heavy atom. The second kappa shape index (κ2) is 8.31. The minimum atomic E-state index is -4.63. The largest absolute Gasteiger partial charge is 0.497 e. The van der Waals surface area contributed by atoms with Crippen LogP contribution in [0.1, 0.15) is 33.3 Å². The molecule has 0 aliphatic rings. The molecule has 0 aromatic heterocycles. The quantitative estimate of drug-likeness (QED) is 0.680. The van der Waals surface area contributed by atoms with Crippen LogP contribution in [0.15, 0.2) is 28.9 Å². The van der Waals surface area contributed by atoms with Crippen molar-refractivity contribution in [3.05, 3.63) is 34.5 Å². The van der Waals surface area contributed by atoms with Gasteiger partial charge < -0.3 is 15.4 Å². The van der Waals surface area contributed by atoms with E-state index in [-0.39, 0.29) is 28.7 Å². The zero-order valence-corrected chi connectivity index (χ0v) is 17.3. The second-order valence-electron chi connectivity index (χ2n) is 7.39. The molecule has 6 nitrogen and oxygen atoms in total. The molecule has 0 aliphatic heterocycles. The van der Waals surface area contributed by atoms with Gasteiger partial charge in [0.2, 0.25) is 0 Å². The number of halogens is 3. The third-order valence-electron chi connectivity index (χ3n) is 4.10. The highest BCUT2D eigenvalue weighted by Gasteiger charge is 2.32. The molecule has 0 amide bonds. The van der Waals surface area contributed by atoms with Gasteiger partial charge in [-0.3, -0.25) is 0 Å². The van der Waals surface area contributed by atoms with Crippen LogP contribution in [0.5, 0.6) is 5.75 Å². The Kier molecular flexibility index (Phi) is 7.01. The number of alkyl halides is 3. The molecule has 0 fully saturated rings. The van der Waals surface area contributed by atoms with E-state index in [1.165, 1.54) is 13.2 Å². The van der Waals surface area contributed by atoms with E-state index >= 15 is 0 Å². The first-order chi connectivity index (χ1) is 12.6. The summed E-state index contributed by atoms with van der Waals surface area (Å²) in [4.78, 5) is -0.611. The summed E-state index contributed by atoms with van der Waals surface area (Å²) < 4.78 is 68.3. The SMILES string of the molecule is COc1cc(N/C(NC(C)C(C)(C)C)=C(\C#N)S(C)(=O)=O)cc(C(F)(F)F)c1. The van der Waals surface area contributed by atoms with Gasteiger partial charge in [-0.05, 0) is 24.5 Å². The highest BCUT2D eigenvalue weighted by atomic mass is 32.2. The van der Waals surface area contributed by atoms with Gasteiger partial charge >= 0.3 is 6.18 Å². The summed E-state index contributed by atoms with van der Waals surface area (Å²) in [5, 5.41) is 14.9. The van der Waals surface area contributed by atoms with E-state index in [4.69, 9.17) is 4.74 Å². The number of methoxy groups -OCH3 is 1. The number of anilines is 1. The fourth-order valence-electron chi connectivity index (χ4n) is 2.01. The lowest BCUT2D eigenvalue weighted by Gasteiger charge is -2.30. The van der Waals surface area contributed by atoms with E-state index in [9.17, 15) is 26.9 Å². The van der Waals surface area contributed by atoms with Crippen molar-refractivity contribution in [2.24, 2.45) is 5.41 Å². The Labute approximate surface area is 163 Å². The smallest absolute Gasteiger partial charge is 0.416 e. The number of allylic oxidation sites excluding steroid dienone is 1. The topological polar surface area (TPSA) is 91.2 Å². The lowest BCUT2D eigenvalue weighted by Crippen LogP contribution is -2.40. The first-order valence-corrected chi connectivity index (χ1v) is 10.1. The zero-order chi connectivity index (χ0) is 21.9. The van der Waals surface area contributed by atoms with Gasteiger partial charge in [-0.2, -0.15) is 18.4 Å². The van der Waals surface area contributed by atoms with Crippen molar-refractivity contribution >= 4 is 15.5 Å². The maximum atomic E-state index is 13.1. The van der Waals surface area contributed by atoms with Gasteiger partial charge in [0.1, 0.15) is 17.6 Å². The molecule has 2 N–H and O–H groups in total. The number of benzene rings is 1. The van der Waals surface area contributed by atoms with Crippen LogP contribution in [0.3, 0.4) is 0 Å². The van der Waals surface area contributed by atoms with Crippen LogP contribution in [-0.2, 0) is 16.0 Å². The summed E-state index contributed by atoms with van der Waals surface area (Å²) in [6.07, 6.45) is -3.78. The first kappa shape index (κ1) is 23.6. The molecule has 0 bridgehead atoms. The highest BCUT2D eigenvalue weighted by molar-refractivity contribution is 7.94. The Morgan fingerprint density at radius 1 is 1.21 bits per heavy atom. The van der Waals surface area contributed by atoms with Crippen molar-refractivity contribution in [3.63, 3.8) is 0 Å². The van der Waals surface area contributed by atoms with Gasteiger partial charge in [0.15, 0.2) is 14.7 Å². The van der Waals surface area contributed by atoms with Crippen molar-refractivity contribution < 1.29 is 26.3 Å². The molecule has 28 heavy (non-hydrogen) atoms. The number of nitriles is 1. The van der Waals surface area contributed by atoms with Crippen LogP contribution in [0.4, 0.5) is 18.9 Å². The number of sulfone groups is 1. The number of hydrogen-bond acceptors (Lipinski definition) is 6. The molecule has 0 radical (unpaired) electrons. The van der Waals surface area contributed by atoms with Crippen LogP contribution in [0, 0.1) is 16.7 Å². The van der Waals surface area contributed by atoms with Gasteiger partial charge in [-0.15, -0.1) is 0 Å². The minimum Gasteiger partial charge on any atom is -0.497 e. The monoisotopic (exact) mass is 419 g/mol. The molecular weight excluding hydrogens is 395 g/mol. The van der Waals surface area contributed by atoms with E-state index in [0.717, 1.165) is 18.4 Å². The fourth-order valence-corrected chi connectivity index (χ4v) is 2.66. The minimum absolute atomic E-state index is 0.0709. The van der Waals surface area contributed by atoms with Crippen LogP contribution in [0.25, 0.3) is 0 Å². The number of ether oxygens (including phenoxy) is 1. The molecule has 0 heterocycles. The Balaban J connectivity index is 3.55. The fraction of sp³-hybridized carbons (Fsp3) is 0.500. The summed E-state index contributed by atoms with van der Waals surface area (Å²) in [5.74, 6) is -0.271. The first-order valence-electron chi connectivity index (χ1n) is 8.24. The summed E-state index contributed by atoms with van der Waals surface area (Å²) in [7, 11) is -2.72. The summed E-state index contributed by atoms with van der Waals surface area (Å²) >= 11 is 0. The van der Waals surface area contributed by atoms with E-state index in [2.05, 4.69) is 10.6 Å². The molecule has 10 heteroatoms. The third kappa shape index (κ3) is 6.34. The van der Waals surface area contributed by atoms with Crippen LogP contribution in [0.2, 0.25) is 0 Å². The number of rotatable bonds is 6. The number of nitrogens with zero attached hydrogens (tertiary/aromatic N) is 1. The molecule has 156 valence electrons. The molecule has 1 rings (SSSR count). The van der Waals surface area contributed by atoms with Gasteiger partial charge in [0, 0.05) is 24.1 Å². The van der Waals surface area contributed by atoms with Gasteiger partial charge in [-0.25, -0.2) is 8.42 Å². The molecule has 0 spiro atoms. The van der Waals surface area contributed by atoms with Gasteiger partial charge in [-0.1, -0.05) is 20.8 Å². The van der Waals surface area contributed by atoms with Crippen molar-refractivity contribution in [2.45, 2.75) is 39.9 Å². The maximum absolute atomic E-state index is 13.1. The number of nitrogens with one attached hydrogen (secondary N) is 2. The van der Waals surface area contributed by atoms with Gasteiger partial charge in [0.25, 0.3) is 0 Å². The van der Waals surface area contributed by atoms with Crippen molar-refractivity contribution in [2.75, 3.05) is 18.7 Å². The van der Waals surface area contributed by atoms with Crippen molar-refractivity contribution in [1.82, 2.24) is 5.32 Å². The Hall–Kier alpha value is -2.41. The molecule has 0 aliphatic carbocycles. The predicted molar refractivity (Wildman–Crippen MR) is 101 cm³/mol. The van der Waals surface area contributed by atoms with Crippen LogP contribution < -0.4 is 15.4 Å². The van der Waals surface area contributed by atoms with Gasteiger partial charge in [0.05, 0.1) is 12.7 Å². The van der Waals surface area contributed by atoms with Crippen LogP contribution >= 0.6 is 0 Å². The Morgan fingerprint density at radius 2 is 1.79 bits per heavy atom. The molecule has 0 saturated heterocycles. The molecule has 1 atom stereocenters. The maximum Gasteiger partial charge on any atom is 0.416 e. The normalized spacial score (nSPS) is 14.6. The lowest BCUT2D eigenvalue weighted by molar-refractivity contribution is -0.137. The molecule has 1 aromatic carbocycles. The summed E-state index contributed by atoms with van der Waals surface area (Å²) in [5.41, 5.74) is -1.38. The number of hydrogen-bond donors (Lipinski definition) is 2. The predicted octanol–water partition coefficient (Wildman–Crippen LogP) is 3.89. The van der Waals surface area contributed by atoms with E-state index < -0.39 is 26.5 Å². The van der Waals surface area contributed by atoms with Crippen LogP contribution in [-0.4, -0.2) is 27.8 Å². The van der Waals surface area contributed by atoms with E-state index in [1.54, 1.807) is 13.0 Å². The van der Waals surface area contributed by atoms with Crippen molar-refractivity contribution in [3.8, 4) is 11.8 Å². The Bertz CT molecular complexity index is 895. The average Bonchev–Trinajstić information content (AvgIpc) is 2.51. The lowest BCUT2D eigenvalue weighted by atomic mass is 9.88. The van der Waals surface area contributed by atoms with E-state index in [0.29, 0.717) is 0 Å². The molecule has 0 saturated carbocycles. The third-order valence-corrected chi connectivity index (χ3v) is 5.14. The molecule has 1 unspecified atom stereocenters. The zero-order valence-electron chi connectivity index (χ0n) is 16.5. The summed E-state index contributed by atoms with van der Waals surface area (Å²) in [6.45, 7) is 7.44. The standard InChI is InChI=1S/C18H24F3N3O3S/c1-11(17(2,3)4)23-16(15(10-22)28(6,25)26)24-13-7-12(18(19,20)21)8-14(9-13)27-5/h7-9,11,23-24H,1-6H3/b16-15+. The van der Waals surface area contributed by atoms with E-state index in [1.807, 2.05) is 20.8 Å². The summed E-state index contributed by atoms with van der Waals surface area (Å²) in [6, 6.07) is 4.20. The average molecular weight is 419 g/mol.